The Labute approximate surface area is 133 Å². The molecule has 0 amide bonds. The zero-order valence-electron chi connectivity index (χ0n) is 11.8. The maximum Gasteiger partial charge on any atom is 0.195 e. The minimum Gasteiger partial charge on any atom is -0.204 e. The summed E-state index contributed by atoms with van der Waals surface area (Å²) in [4.78, 5) is 0. The van der Waals surface area contributed by atoms with Crippen molar-refractivity contribution < 1.29 is 26.3 Å². The van der Waals surface area contributed by atoms with Crippen LogP contribution in [0, 0.1) is 41.0 Å². The van der Waals surface area contributed by atoms with Gasteiger partial charge >= 0.3 is 0 Å². The molecule has 0 saturated carbocycles. The van der Waals surface area contributed by atoms with E-state index in [-0.39, 0.29) is 22.3 Å². The van der Waals surface area contributed by atoms with Crippen molar-refractivity contribution in [2.24, 2.45) is 0 Å². The van der Waals surface area contributed by atoms with Crippen LogP contribution in [0.5, 0.6) is 0 Å². The Morgan fingerprint density at radius 3 is 1.71 bits per heavy atom. The van der Waals surface area contributed by atoms with Gasteiger partial charge in [-0.15, -0.1) is 0 Å². The van der Waals surface area contributed by atoms with E-state index in [1.165, 1.54) is 18.2 Å². The van der Waals surface area contributed by atoms with Crippen LogP contribution in [0.1, 0.15) is 0 Å². The molecule has 0 aliphatic heterocycles. The lowest BCUT2D eigenvalue weighted by Gasteiger charge is -2.12. The molecule has 0 saturated heterocycles. The van der Waals surface area contributed by atoms with Gasteiger partial charge < -0.3 is 0 Å². The Bertz CT molecular complexity index is 857. The summed E-state index contributed by atoms with van der Waals surface area (Å²) in [7, 11) is 0. The van der Waals surface area contributed by atoms with E-state index >= 15 is 0 Å². The van der Waals surface area contributed by atoms with Crippen molar-refractivity contribution >= 4 is 0 Å². The first-order valence-electron chi connectivity index (χ1n) is 6.70. The zero-order valence-corrected chi connectivity index (χ0v) is 11.8. The minimum absolute atomic E-state index is 0.0428. The van der Waals surface area contributed by atoms with Crippen LogP contribution in [0.15, 0.2) is 42.5 Å². The van der Waals surface area contributed by atoms with Gasteiger partial charge in [0.25, 0.3) is 0 Å². The number of halogens is 6. The Kier molecular flexibility index (Phi) is 4.05. The lowest BCUT2D eigenvalue weighted by molar-refractivity contribution is 0.448. The molecule has 0 aliphatic carbocycles. The quantitative estimate of drug-likeness (QED) is 0.418. The Morgan fingerprint density at radius 2 is 1.08 bits per heavy atom. The summed E-state index contributed by atoms with van der Waals surface area (Å²) >= 11 is 0. The van der Waals surface area contributed by atoms with E-state index in [1.54, 1.807) is 0 Å². The van der Waals surface area contributed by atoms with Crippen LogP contribution >= 0.6 is 0 Å². The first-order valence-corrected chi connectivity index (χ1v) is 6.70. The fraction of sp³-hybridized carbons (Fsp3) is 0. The predicted molar refractivity (Wildman–Crippen MR) is 75.9 cm³/mol. The summed E-state index contributed by atoms with van der Waals surface area (Å²) in [5.74, 6) is -9.10. The molecule has 6 heteroatoms. The lowest BCUT2D eigenvalue weighted by atomic mass is 9.93. The van der Waals surface area contributed by atoms with Gasteiger partial charge in [0.15, 0.2) is 34.9 Å². The van der Waals surface area contributed by atoms with Crippen molar-refractivity contribution in [3.8, 4) is 22.3 Å². The topological polar surface area (TPSA) is 0 Å². The second kappa shape index (κ2) is 6.03. The van der Waals surface area contributed by atoms with Crippen molar-refractivity contribution in [2.45, 2.75) is 0 Å². The number of hydrogen-bond acceptors (Lipinski definition) is 0. The molecule has 1 radical (unpaired) electrons. The molecule has 0 fully saturated rings. The summed E-state index contributed by atoms with van der Waals surface area (Å²) < 4.78 is 81.1. The van der Waals surface area contributed by atoms with E-state index < -0.39 is 34.9 Å². The van der Waals surface area contributed by atoms with Gasteiger partial charge in [-0.2, -0.15) is 0 Å². The minimum atomic E-state index is -1.69. The van der Waals surface area contributed by atoms with Gasteiger partial charge in [-0.1, -0.05) is 18.2 Å². The highest BCUT2D eigenvalue weighted by Crippen LogP contribution is 2.36. The average molecular weight is 337 g/mol. The SMILES string of the molecule is Fc1ccc(-c2[c]cccc2-c2ccc(F)c(F)c2F)c(F)c1F. The van der Waals surface area contributed by atoms with E-state index in [9.17, 15) is 26.3 Å². The van der Waals surface area contributed by atoms with Gasteiger partial charge in [-0.05, 0) is 35.9 Å². The molecule has 3 rings (SSSR count). The molecular weight excluding hydrogens is 330 g/mol. The van der Waals surface area contributed by atoms with Crippen molar-refractivity contribution in [3.63, 3.8) is 0 Å². The van der Waals surface area contributed by atoms with Crippen molar-refractivity contribution in [1.29, 1.82) is 0 Å². The smallest absolute Gasteiger partial charge is 0.195 e. The van der Waals surface area contributed by atoms with Gasteiger partial charge in [0.1, 0.15) is 0 Å². The molecule has 0 N–H and O–H groups in total. The molecule has 0 spiro atoms. The highest BCUT2D eigenvalue weighted by Gasteiger charge is 2.21. The van der Waals surface area contributed by atoms with Crippen LogP contribution in [0.25, 0.3) is 22.3 Å². The maximum absolute atomic E-state index is 14.0. The molecule has 0 unspecified atom stereocenters. The Balaban J connectivity index is 2.28. The van der Waals surface area contributed by atoms with Crippen LogP contribution < -0.4 is 0 Å². The average Bonchev–Trinajstić information content (AvgIpc) is 2.58. The van der Waals surface area contributed by atoms with Gasteiger partial charge in [0.05, 0.1) is 0 Å². The van der Waals surface area contributed by atoms with Crippen LogP contribution in [0.3, 0.4) is 0 Å². The largest absolute Gasteiger partial charge is 0.204 e. The first kappa shape index (κ1) is 16.1. The van der Waals surface area contributed by atoms with E-state index in [4.69, 9.17) is 0 Å². The van der Waals surface area contributed by atoms with Crippen molar-refractivity contribution in [2.75, 3.05) is 0 Å². The fourth-order valence-corrected chi connectivity index (χ4v) is 2.34. The van der Waals surface area contributed by atoms with Gasteiger partial charge in [-0.3, -0.25) is 0 Å². The van der Waals surface area contributed by atoms with Crippen LogP contribution in [0.4, 0.5) is 26.3 Å². The fourth-order valence-electron chi connectivity index (χ4n) is 2.34. The van der Waals surface area contributed by atoms with Gasteiger partial charge in [0, 0.05) is 16.7 Å². The van der Waals surface area contributed by atoms with Crippen LogP contribution in [-0.2, 0) is 0 Å². The molecule has 3 aromatic rings. The molecule has 0 aliphatic rings. The predicted octanol–water partition coefficient (Wildman–Crippen LogP) is 5.66. The molecule has 0 heterocycles. The molecule has 0 atom stereocenters. The summed E-state index contributed by atoms with van der Waals surface area (Å²) in [6, 6.07) is 10.0. The second-order valence-corrected chi connectivity index (χ2v) is 4.90. The Morgan fingerprint density at radius 1 is 0.542 bits per heavy atom. The summed E-state index contributed by atoms with van der Waals surface area (Å²) in [5, 5.41) is 0. The lowest BCUT2D eigenvalue weighted by Crippen LogP contribution is -1.98. The Hall–Kier alpha value is -2.76. The molecule has 3 aromatic carbocycles. The summed E-state index contributed by atoms with van der Waals surface area (Å²) in [6.07, 6.45) is 0. The second-order valence-electron chi connectivity index (χ2n) is 4.90. The molecule has 24 heavy (non-hydrogen) atoms. The van der Waals surface area contributed by atoms with Crippen LogP contribution in [-0.4, -0.2) is 0 Å². The summed E-state index contributed by atoms with van der Waals surface area (Å²) in [6.45, 7) is 0. The van der Waals surface area contributed by atoms with Crippen molar-refractivity contribution in [1.82, 2.24) is 0 Å². The zero-order chi connectivity index (χ0) is 17.4. The third-order valence-corrected chi connectivity index (χ3v) is 3.49. The molecular formula is C18H7F6. The summed E-state index contributed by atoms with van der Waals surface area (Å²) in [5.41, 5.74) is -0.892. The van der Waals surface area contributed by atoms with Gasteiger partial charge in [-0.25, -0.2) is 26.3 Å². The standard InChI is InChI=1S/C18H7F6/c19-13-7-5-11(15(21)17(13)23)9-3-1-2-4-10(9)12-6-8-14(20)18(24)16(12)22/h1-3,5-8H. The third-order valence-electron chi connectivity index (χ3n) is 3.49. The highest BCUT2D eigenvalue weighted by molar-refractivity contribution is 5.83. The van der Waals surface area contributed by atoms with Crippen molar-refractivity contribution in [3.05, 3.63) is 83.4 Å². The van der Waals surface area contributed by atoms with Gasteiger partial charge in [0.2, 0.25) is 0 Å². The van der Waals surface area contributed by atoms with Crippen LogP contribution in [0.2, 0.25) is 0 Å². The van der Waals surface area contributed by atoms with E-state index in [2.05, 4.69) is 6.07 Å². The molecule has 121 valence electrons. The number of benzene rings is 3. The molecule has 0 aromatic heterocycles. The van der Waals surface area contributed by atoms with E-state index in [0.717, 1.165) is 12.1 Å². The normalized spacial score (nSPS) is 10.9. The first-order chi connectivity index (χ1) is 11.4. The molecule has 0 nitrogen and oxygen atoms in total. The highest BCUT2D eigenvalue weighted by atomic mass is 19.2. The number of hydrogen-bond donors (Lipinski definition) is 0. The number of rotatable bonds is 2. The molecule has 0 bridgehead atoms. The third kappa shape index (κ3) is 2.54. The van der Waals surface area contributed by atoms with E-state index in [0.29, 0.717) is 12.1 Å². The monoisotopic (exact) mass is 337 g/mol. The maximum atomic E-state index is 14.0. The van der Waals surface area contributed by atoms with E-state index in [1.807, 2.05) is 0 Å².